The van der Waals surface area contributed by atoms with E-state index in [0.717, 1.165) is 11.3 Å². The first-order chi connectivity index (χ1) is 9.99. The van der Waals surface area contributed by atoms with E-state index in [4.69, 9.17) is 10.5 Å². The number of nitrogens with zero attached hydrogens (tertiary/aromatic N) is 2. The number of likely N-dealkylation sites (N-methyl/N-ethyl adjacent to an activating group) is 1. The summed E-state index contributed by atoms with van der Waals surface area (Å²) in [5.74, 6) is -0.979. The van der Waals surface area contributed by atoms with Crippen molar-refractivity contribution in [2.75, 3.05) is 39.9 Å². The van der Waals surface area contributed by atoms with E-state index in [1.807, 2.05) is 0 Å². The summed E-state index contributed by atoms with van der Waals surface area (Å²) in [6.07, 6.45) is 0. The Balaban J connectivity index is 1.95. The van der Waals surface area contributed by atoms with Crippen molar-refractivity contribution in [1.82, 2.24) is 9.80 Å². The summed E-state index contributed by atoms with van der Waals surface area (Å²) in [5, 5.41) is 1.53. The van der Waals surface area contributed by atoms with E-state index in [1.54, 1.807) is 11.9 Å². The van der Waals surface area contributed by atoms with Crippen molar-refractivity contribution in [3.8, 4) is 0 Å². The molecule has 0 aliphatic carbocycles. The largest absolute Gasteiger partial charge is 0.378 e. The van der Waals surface area contributed by atoms with E-state index in [9.17, 15) is 14.4 Å². The summed E-state index contributed by atoms with van der Waals surface area (Å²) in [6.45, 7) is 2.15. The summed E-state index contributed by atoms with van der Waals surface area (Å²) in [6, 6.07) is 1.45. The van der Waals surface area contributed by atoms with Gasteiger partial charge in [-0.15, -0.1) is 11.3 Å². The van der Waals surface area contributed by atoms with Crippen LogP contribution < -0.4 is 5.73 Å². The number of hydrogen-bond donors (Lipinski definition) is 1. The fraction of sp³-hybridized carbons (Fsp3) is 0.462. The standard InChI is InChI=1S/C13H17N3O4S/c1-15(7-11(17)16-2-4-20-5-3-16)13(19)10-6-9(8-21-10)12(14)18/h6,8H,2-5,7H2,1H3,(H2,14,18). The van der Waals surface area contributed by atoms with Gasteiger partial charge in [0.2, 0.25) is 11.8 Å². The summed E-state index contributed by atoms with van der Waals surface area (Å²) in [4.78, 5) is 38.7. The monoisotopic (exact) mass is 311 g/mol. The highest BCUT2D eigenvalue weighted by Gasteiger charge is 2.22. The fourth-order valence-corrected chi connectivity index (χ4v) is 2.84. The van der Waals surface area contributed by atoms with Crippen molar-refractivity contribution in [1.29, 1.82) is 0 Å². The number of nitrogens with two attached hydrogens (primary N) is 1. The first-order valence-corrected chi connectivity index (χ1v) is 7.36. The third kappa shape index (κ3) is 3.79. The van der Waals surface area contributed by atoms with Crippen LogP contribution in [0.3, 0.4) is 0 Å². The molecular weight excluding hydrogens is 294 g/mol. The molecule has 2 rings (SSSR count). The topological polar surface area (TPSA) is 92.9 Å². The predicted octanol–water partition coefficient (Wildman–Crippen LogP) is -0.222. The van der Waals surface area contributed by atoms with Crippen LogP contribution in [-0.2, 0) is 9.53 Å². The molecule has 8 heteroatoms. The molecule has 0 unspecified atom stereocenters. The van der Waals surface area contributed by atoms with Crippen LogP contribution in [0.15, 0.2) is 11.4 Å². The smallest absolute Gasteiger partial charge is 0.264 e. The van der Waals surface area contributed by atoms with Gasteiger partial charge in [-0.1, -0.05) is 0 Å². The third-order valence-electron chi connectivity index (χ3n) is 3.18. The molecule has 1 aromatic rings. The van der Waals surface area contributed by atoms with Crippen molar-refractivity contribution in [3.05, 3.63) is 21.9 Å². The van der Waals surface area contributed by atoms with E-state index >= 15 is 0 Å². The Kier molecular flexibility index (Phi) is 4.92. The number of thiophene rings is 1. The van der Waals surface area contributed by atoms with Gasteiger partial charge in [-0.05, 0) is 6.07 Å². The summed E-state index contributed by atoms with van der Waals surface area (Å²) >= 11 is 1.14. The van der Waals surface area contributed by atoms with Gasteiger partial charge in [0, 0.05) is 25.5 Å². The number of amides is 3. The number of carbonyl (C=O) groups is 3. The Bertz CT molecular complexity index is 551. The molecule has 7 nitrogen and oxygen atoms in total. The molecule has 1 saturated heterocycles. The van der Waals surface area contributed by atoms with Gasteiger partial charge in [0.25, 0.3) is 5.91 Å². The zero-order chi connectivity index (χ0) is 15.4. The Hall–Kier alpha value is -1.93. The lowest BCUT2D eigenvalue weighted by Crippen LogP contribution is -2.46. The Labute approximate surface area is 126 Å². The molecule has 1 aromatic heterocycles. The minimum atomic E-state index is -0.572. The van der Waals surface area contributed by atoms with Crippen LogP contribution in [0, 0.1) is 0 Å². The zero-order valence-corrected chi connectivity index (χ0v) is 12.5. The van der Waals surface area contributed by atoms with Gasteiger partial charge in [-0.25, -0.2) is 0 Å². The maximum absolute atomic E-state index is 12.2. The van der Waals surface area contributed by atoms with Crippen LogP contribution in [0.5, 0.6) is 0 Å². The molecule has 0 spiro atoms. The Morgan fingerprint density at radius 3 is 2.62 bits per heavy atom. The lowest BCUT2D eigenvalue weighted by molar-refractivity contribution is -0.135. The van der Waals surface area contributed by atoms with Gasteiger partial charge in [0.1, 0.15) is 0 Å². The van der Waals surface area contributed by atoms with Gasteiger partial charge < -0.3 is 20.3 Å². The third-order valence-corrected chi connectivity index (χ3v) is 4.10. The molecular formula is C13H17N3O4S. The maximum Gasteiger partial charge on any atom is 0.264 e. The minimum absolute atomic E-state index is 0.00262. The van der Waals surface area contributed by atoms with Crippen molar-refractivity contribution in [3.63, 3.8) is 0 Å². The minimum Gasteiger partial charge on any atom is -0.378 e. The number of ether oxygens (including phenoxy) is 1. The molecule has 0 radical (unpaired) electrons. The lowest BCUT2D eigenvalue weighted by Gasteiger charge is -2.28. The van der Waals surface area contributed by atoms with Crippen molar-refractivity contribution in [2.24, 2.45) is 5.73 Å². The molecule has 0 atom stereocenters. The molecule has 2 heterocycles. The Morgan fingerprint density at radius 2 is 2.05 bits per heavy atom. The van der Waals surface area contributed by atoms with Gasteiger partial charge >= 0.3 is 0 Å². The lowest BCUT2D eigenvalue weighted by atomic mass is 10.3. The quantitative estimate of drug-likeness (QED) is 0.832. The molecule has 114 valence electrons. The molecule has 0 bridgehead atoms. The average molecular weight is 311 g/mol. The van der Waals surface area contributed by atoms with Crippen LogP contribution in [0.25, 0.3) is 0 Å². The van der Waals surface area contributed by atoms with Crippen LogP contribution >= 0.6 is 11.3 Å². The van der Waals surface area contributed by atoms with Crippen LogP contribution in [-0.4, -0.2) is 67.4 Å². The van der Waals surface area contributed by atoms with E-state index < -0.39 is 5.91 Å². The first-order valence-electron chi connectivity index (χ1n) is 6.48. The summed E-state index contributed by atoms with van der Waals surface area (Å²) in [5.41, 5.74) is 5.45. The van der Waals surface area contributed by atoms with E-state index in [-0.39, 0.29) is 18.4 Å². The second kappa shape index (κ2) is 6.68. The number of morpholine rings is 1. The van der Waals surface area contributed by atoms with E-state index in [0.29, 0.717) is 36.7 Å². The highest BCUT2D eigenvalue weighted by molar-refractivity contribution is 7.12. The number of hydrogen-bond acceptors (Lipinski definition) is 5. The maximum atomic E-state index is 12.2. The predicted molar refractivity (Wildman–Crippen MR) is 77.2 cm³/mol. The molecule has 0 saturated carbocycles. The second-order valence-electron chi connectivity index (χ2n) is 4.72. The zero-order valence-electron chi connectivity index (χ0n) is 11.7. The highest BCUT2D eigenvalue weighted by atomic mass is 32.1. The SMILES string of the molecule is CN(CC(=O)N1CCOCC1)C(=O)c1cc(C(N)=O)cs1. The van der Waals surface area contributed by atoms with E-state index in [2.05, 4.69) is 0 Å². The Morgan fingerprint density at radius 1 is 1.38 bits per heavy atom. The molecule has 0 aromatic carbocycles. The molecule has 1 aliphatic heterocycles. The molecule has 2 N–H and O–H groups in total. The van der Waals surface area contributed by atoms with Crippen molar-refractivity contribution >= 4 is 29.1 Å². The van der Waals surface area contributed by atoms with Crippen LogP contribution in [0.4, 0.5) is 0 Å². The molecule has 1 aliphatic rings. The number of primary amides is 1. The van der Waals surface area contributed by atoms with Gasteiger partial charge in [0.15, 0.2) is 0 Å². The van der Waals surface area contributed by atoms with Crippen LogP contribution in [0.2, 0.25) is 0 Å². The normalized spacial score (nSPS) is 14.8. The number of rotatable bonds is 4. The molecule has 3 amide bonds. The van der Waals surface area contributed by atoms with Crippen LogP contribution in [0.1, 0.15) is 20.0 Å². The highest BCUT2D eigenvalue weighted by Crippen LogP contribution is 2.16. The van der Waals surface area contributed by atoms with Gasteiger partial charge in [-0.2, -0.15) is 0 Å². The average Bonchev–Trinajstić information content (AvgIpc) is 2.97. The second-order valence-corrected chi connectivity index (χ2v) is 5.63. The van der Waals surface area contributed by atoms with E-state index in [1.165, 1.54) is 16.3 Å². The fourth-order valence-electron chi connectivity index (χ4n) is 1.95. The van der Waals surface area contributed by atoms with Crippen molar-refractivity contribution in [2.45, 2.75) is 0 Å². The molecule has 21 heavy (non-hydrogen) atoms. The van der Waals surface area contributed by atoms with Gasteiger partial charge in [-0.3, -0.25) is 14.4 Å². The van der Waals surface area contributed by atoms with Gasteiger partial charge in [0.05, 0.1) is 30.2 Å². The number of carbonyl (C=O) groups excluding carboxylic acids is 3. The summed E-state index contributed by atoms with van der Waals surface area (Å²) in [7, 11) is 1.56. The first kappa shape index (κ1) is 15.5. The summed E-state index contributed by atoms with van der Waals surface area (Å²) < 4.78 is 5.18. The van der Waals surface area contributed by atoms with Crippen molar-refractivity contribution < 1.29 is 19.1 Å². The molecule has 1 fully saturated rings.